The van der Waals surface area contributed by atoms with Gasteiger partial charge < -0.3 is 19.8 Å². The van der Waals surface area contributed by atoms with Gasteiger partial charge in [-0.2, -0.15) is 0 Å². The first-order valence-electron chi connectivity index (χ1n) is 11.1. The normalized spacial score (nSPS) is 11.1. The Labute approximate surface area is 204 Å². The van der Waals surface area contributed by atoms with Gasteiger partial charge in [-0.3, -0.25) is 4.79 Å². The highest BCUT2D eigenvalue weighted by atomic mass is 35.5. The summed E-state index contributed by atoms with van der Waals surface area (Å²) in [6.07, 6.45) is 6.31. The summed E-state index contributed by atoms with van der Waals surface area (Å²) < 4.78 is 10.7. The molecule has 0 bridgehead atoms. The Morgan fingerprint density at radius 1 is 1.21 bits per heavy atom. The number of aromatic hydroxyl groups is 1. The molecule has 0 heterocycles. The molecule has 0 aliphatic rings. The van der Waals surface area contributed by atoms with Gasteiger partial charge in [0.25, 0.3) is 0 Å². The Morgan fingerprint density at radius 3 is 2.73 bits per heavy atom. The molecular formula is C25H32ClNO5S. The van der Waals surface area contributed by atoms with Crippen LogP contribution in [0.1, 0.15) is 49.3 Å². The molecule has 0 spiro atoms. The molecule has 0 radical (unpaired) electrons. The predicted molar refractivity (Wildman–Crippen MR) is 133 cm³/mol. The number of phenols is 1. The van der Waals surface area contributed by atoms with Gasteiger partial charge in [0, 0.05) is 22.4 Å². The van der Waals surface area contributed by atoms with E-state index in [1.54, 1.807) is 17.8 Å². The van der Waals surface area contributed by atoms with Crippen LogP contribution in [-0.4, -0.2) is 42.0 Å². The number of nitrogens with zero attached hydrogens (tertiary/aromatic N) is 1. The molecule has 2 rings (SSSR count). The summed E-state index contributed by atoms with van der Waals surface area (Å²) in [5.41, 5.74) is 2.56. The Kier molecular flexibility index (Phi) is 12.0. The summed E-state index contributed by atoms with van der Waals surface area (Å²) >= 11 is 8.00. The minimum absolute atomic E-state index is 0.206. The van der Waals surface area contributed by atoms with E-state index in [0.29, 0.717) is 30.2 Å². The third-order valence-corrected chi connectivity index (χ3v) is 6.65. The molecule has 0 atom stereocenters. The molecule has 0 fully saturated rings. The van der Waals surface area contributed by atoms with Gasteiger partial charge in [0.05, 0.1) is 25.2 Å². The Hall–Kier alpha value is -2.38. The fourth-order valence-corrected chi connectivity index (χ4v) is 4.58. The maximum atomic E-state index is 11.4. The number of benzene rings is 2. The van der Waals surface area contributed by atoms with Crippen LogP contribution >= 0.6 is 23.4 Å². The van der Waals surface area contributed by atoms with Crippen molar-refractivity contribution in [2.75, 3.05) is 19.5 Å². The minimum Gasteiger partial charge on any atom is -0.507 e. The van der Waals surface area contributed by atoms with Crippen LogP contribution in [-0.2, 0) is 28.8 Å². The summed E-state index contributed by atoms with van der Waals surface area (Å²) in [6.45, 7) is 2.61. The number of hydrogen-bond donors (Lipinski definition) is 2. The second-order valence-electron chi connectivity index (χ2n) is 7.56. The zero-order chi connectivity index (χ0) is 24.1. The number of methoxy groups -OCH3 is 1. The van der Waals surface area contributed by atoms with Gasteiger partial charge in [-0.05, 0) is 61.4 Å². The standard InChI is InChI=1S/C25H32ClNO5S/c1-3-7-20-22(11-10-19(25(20)29)8-4-5-13-27-30)32-14-6-15-33-23-12-9-18(16-21(23)26)17-24(28)31-2/h9-13,16,29-30H,3-8,14-15,17H2,1-2H3. The first-order valence-corrected chi connectivity index (χ1v) is 12.5. The van der Waals surface area contributed by atoms with Crippen molar-refractivity contribution in [3.05, 3.63) is 52.0 Å². The van der Waals surface area contributed by atoms with Crippen LogP contribution in [0.3, 0.4) is 0 Å². The summed E-state index contributed by atoms with van der Waals surface area (Å²) in [5, 5.41) is 22.8. The van der Waals surface area contributed by atoms with Gasteiger partial charge in [0.1, 0.15) is 11.5 Å². The van der Waals surface area contributed by atoms with Gasteiger partial charge >= 0.3 is 5.97 Å². The van der Waals surface area contributed by atoms with E-state index in [2.05, 4.69) is 16.8 Å². The van der Waals surface area contributed by atoms with Gasteiger partial charge in [-0.15, -0.1) is 16.9 Å². The number of unbranched alkanes of at least 4 members (excludes halogenated alkanes) is 1. The van der Waals surface area contributed by atoms with E-state index in [1.807, 2.05) is 24.3 Å². The number of thioether (sulfide) groups is 1. The molecule has 2 aromatic rings. The van der Waals surface area contributed by atoms with Crippen molar-refractivity contribution in [2.24, 2.45) is 5.16 Å². The average Bonchev–Trinajstić information content (AvgIpc) is 2.80. The zero-order valence-electron chi connectivity index (χ0n) is 19.2. The van der Waals surface area contributed by atoms with E-state index in [9.17, 15) is 9.90 Å². The molecule has 33 heavy (non-hydrogen) atoms. The van der Waals surface area contributed by atoms with Crippen molar-refractivity contribution in [1.82, 2.24) is 0 Å². The Bertz CT molecular complexity index is 935. The highest BCUT2D eigenvalue weighted by molar-refractivity contribution is 7.99. The molecule has 0 saturated heterocycles. The SMILES string of the molecule is CCCc1c(OCCCSc2ccc(CC(=O)OC)cc2Cl)ccc(CCCC=NO)c1O. The molecule has 0 amide bonds. The number of oxime groups is 1. The van der Waals surface area contributed by atoms with Crippen LogP contribution in [0.15, 0.2) is 40.4 Å². The van der Waals surface area contributed by atoms with E-state index in [-0.39, 0.29) is 12.4 Å². The van der Waals surface area contributed by atoms with Gasteiger partial charge in [0.2, 0.25) is 0 Å². The Morgan fingerprint density at radius 2 is 2.03 bits per heavy atom. The number of halogens is 1. The maximum absolute atomic E-state index is 11.4. The fraction of sp³-hybridized carbons (Fsp3) is 0.440. The van der Waals surface area contributed by atoms with E-state index >= 15 is 0 Å². The summed E-state index contributed by atoms with van der Waals surface area (Å²) in [7, 11) is 1.37. The van der Waals surface area contributed by atoms with Crippen molar-refractivity contribution in [3.63, 3.8) is 0 Å². The lowest BCUT2D eigenvalue weighted by Crippen LogP contribution is -2.04. The van der Waals surface area contributed by atoms with E-state index in [1.165, 1.54) is 13.3 Å². The summed E-state index contributed by atoms with van der Waals surface area (Å²) in [6, 6.07) is 9.46. The molecule has 6 nitrogen and oxygen atoms in total. The molecule has 180 valence electrons. The van der Waals surface area contributed by atoms with Crippen LogP contribution in [0.4, 0.5) is 0 Å². The van der Waals surface area contributed by atoms with E-state index in [0.717, 1.165) is 58.8 Å². The predicted octanol–water partition coefficient (Wildman–Crippen LogP) is 6.06. The van der Waals surface area contributed by atoms with Crippen molar-refractivity contribution in [3.8, 4) is 11.5 Å². The number of hydrogen-bond acceptors (Lipinski definition) is 7. The van der Waals surface area contributed by atoms with Crippen LogP contribution in [0, 0.1) is 0 Å². The first-order chi connectivity index (χ1) is 16.0. The first kappa shape index (κ1) is 26.9. The zero-order valence-corrected chi connectivity index (χ0v) is 20.8. The molecule has 0 aliphatic carbocycles. The molecule has 8 heteroatoms. The molecule has 0 aliphatic heterocycles. The topological polar surface area (TPSA) is 88.4 Å². The number of ether oxygens (including phenoxy) is 2. The monoisotopic (exact) mass is 493 g/mol. The third-order valence-electron chi connectivity index (χ3n) is 5.06. The number of aryl methyl sites for hydroxylation is 1. The van der Waals surface area contributed by atoms with E-state index in [4.69, 9.17) is 21.5 Å². The van der Waals surface area contributed by atoms with E-state index < -0.39 is 0 Å². The average molecular weight is 494 g/mol. The van der Waals surface area contributed by atoms with Gasteiger partial charge in [0.15, 0.2) is 0 Å². The molecular weight excluding hydrogens is 462 g/mol. The largest absolute Gasteiger partial charge is 0.507 e. The van der Waals surface area contributed by atoms with Crippen molar-refractivity contribution in [2.45, 2.75) is 56.8 Å². The maximum Gasteiger partial charge on any atom is 0.309 e. The lowest BCUT2D eigenvalue weighted by atomic mass is 10.00. The molecule has 2 aromatic carbocycles. The molecule has 0 saturated carbocycles. The number of carbonyl (C=O) groups excluding carboxylic acids is 1. The highest BCUT2D eigenvalue weighted by Gasteiger charge is 2.13. The number of rotatable bonds is 14. The van der Waals surface area contributed by atoms with Crippen LogP contribution in [0.25, 0.3) is 0 Å². The van der Waals surface area contributed by atoms with Gasteiger partial charge in [-0.1, -0.05) is 37.1 Å². The lowest BCUT2D eigenvalue weighted by Gasteiger charge is -2.15. The second kappa shape index (κ2) is 14.7. The molecule has 0 unspecified atom stereocenters. The highest BCUT2D eigenvalue weighted by Crippen LogP contribution is 2.34. The lowest BCUT2D eigenvalue weighted by molar-refractivity contribution is -0.139. The van der Waals surface area contributed by atoms with Crippen molar-refractivity contribution >= 4 is 35.5 Å². The molecule has 2 N–H and O–H groups in total. The smallest absolute Gasteiger partial charge is 0.309 e. The van der Waals surface area contributed by atoms with Gasteiger partial charge in [-0.25, -0.2) is 0 Å². The van der Waals surface area contributed by atoms with Crippen LogP contribution < -0.4 is 4.74 Å². The number of esters is 1. The second-order valence-corrected chi connectivity index (χ2v) is 9.10. The fourth-order valence-electron chi connectivity index (χ4n) is 3.37. The summed E-state index contributed by atoms with van der Waals surface area (Å²) in [5.74, 6) is 1.57. The quantitative estimate of drug-likeness (QED) is 0.0830. The molecule has 0 aromatic heterocycles. The van der Waals surface area contributed by atoms with Crippen molar-refractivity contribution < 1.29 is 24.6 Å². The Balaban J connectivity index is 1.87. The minimum atomic E-state index is -0.290. The van der Waals surface area contributed by atoms with Crippen LogP contribution in [0.2, 0.25) is 5.02 Å². The third kappa shape index (κ3) is 8.82. The number of phenolic OH excluding ortho intramolecular Hbond substituents is 1. The van der Waals surface area contributed by atoms with Crippen molar-refractivity contribution in [1.29, 1.82) is 0 Å². The van der Waals surface area contributed by atoms with Crippen LogP contribution in [0.5, 0.6) is 11.5 Å². The summed E-state index contributed by atoms with van der Waals surface area (Å²) in [4.78, 5) is 12.4. The number of carbonyl (C=O) groups is 1.